The molecule has 3 aliphatic rings. The van der Waals surface area contributed by atoms with Crippen LogP contribution in [0.5, 0.6) is 17.2 Å². The third-order valence-corrected chi connectivity index (χ3v) is 5.42. The maximum atomic E-state index is 12.6. The average molecular weight is 380 g/mol. The smallest absolute Gasteiger partial charge is 0.308 e. The summed E-state index contributed by atoms with van der Waals surface area (Å²) in [5.41, 5.74) is 0.608. The molecule has 3 saturated heterocycles. The molecule has 0 radical (unpaired) electrons. The molecule has 28 heavy (non-hydrogen) atoms. The molecule has 3 heterocycles. The second-order valence-corrected chi connectivity index (χ2v) is 7.38. The van der Waals surface area contributed by atoms with Crippen LogP contribution in [0.1, 0.15) is 30.1 Å². The van der Waals surface area contributed by atoms with Crippen LogP contribution >= 0.6 is 0 Å². The molecule has 0 aliphatic carbocycles. The fraction of sp³-hybridized carbons (Fsp3) is 0.364. The fourth-order valence-corrected chi connectivity index (χ4v) is 3.96. The third-order valence-electron chi connectivity index (χ3n) is 5.42. The van der Waals surface area contributed by atoms with Crippen LogP contribution in [0.15, 0.2) is 48.5 Å². The first-order valence-electron chi connectivity index (χ1n) is 9.67. The lowest BCUT2D eigenvalue weighted by Gasteiger charge is -2.44. The molecule has 2 aromatic rings. The standard InChI is InChI=1S/C22H24N2O4/c1-15(25)27-20-4-2-3-5-21(20)28-18-8-6-17(7-9-18)22(26)23-19-14-24-12-10-16(19)11-13-24/h2-9,16,19H,10-14H2,1H3,(H,23,26). The number of carbonyl (C=O) groups excluding carboxylic acids is 2. The predicted molar refractivity (Wildman–Crippen MR) is 105 cm³/mol. The van der Waals surface area contributed by atoms with Gasteiger partial charge in [-0.15, -0.1) is 0 Å². The molecule has 1 N–H and O–H groups in total. The second-order valence-electron chi connectivity index (χ2n) is 7.38. The van der Waals surface area contributed by atoms with E-state index in [1.165, 1.54) is 19.8 Å². The summed E-state index contributed by atoms with van der Waals surface area (Å²) >= 11 is 0. The van der Waals surface area contributed by atoms with Crippen molar-refractivity contribution in [2.45, 2.75) is 25.8 Å². The number of carbonyl (C=O) groups is 2. The lowest BCUT2D eigenvalue weighted by atomic mass is 9.84. The molecule has 1 atom stereocenters. The normalized spacial score (nSPS) is 23.1. The summed E-state index contributed by atoms with van der Waals surface area (Å²) in [7, 11) is 0. The summed E-state index contributed by atoms with van der Waals surface area (Å²) in [6.45, 7) is 4.60. The number of ether oxygens (including phenoxy) is 2. The molecule has 6 heteroatoms. The van der Waals surface area contributed by atoms with Gasteiger partial charge in [0.2, 0.25) is 0 Å². The van der Waals surface area contributed by atoms with Crippen molar-refractivity contribution in [3.63, 3.8) is 0 Å². The Kier molecular flexibility index (Phi) is 5.30. The van der Waals surface area contributed by atoms with Crippen LogP contribution in [-0.4, -0.2) is 42.5 Å². The SMILES string of the molecule is CC(=O)Oc1ccccc1Oc1ccc(C(=O)NC2CN3CCC2CC3)cc1. The molecule has 6 nitrogen and oxygen atoms in total. The number of hydrogen-bond acceptors (Lipinski definition) is 5. The number of piperidine rings is 3. The number of fused-ring (bicyclic) bond motifs is 3. The van der Waals surface area contributed by atoms with Gasteiger partial charge in [-0.3, -0.25) is 9.59 Å². The highest BCUT2D eigenvalue weighted by Crippen LogP contribution is 2.31. The average Bonchev–Trinajstić information content (AvgIpc) is 2.70. The highest BCUT2D eigenvalue weighted by molar-refractivity contribution is 5.94. The van der Waals surface area contributed by atoms with Crippen molar-refractivity contribution in [1.82, 2.24) is 10.2 Å². The fourth-order valence-electron chi connectivity index (χ4n) is 3.96. The van der Waals surface area contributed by atoms with Gasteiger partial charge in [0.1, 0.15) is 5.75 Å². The minimum atomic E-state index is -0.407. The Labute approximate surface area is 164 Å². The van der Waals surface area contributed by atoms with Gasteiger partial charge in [-0.2, -0.15) is 0 Å². The van der Waals surface area contributed by atoms with E-state index in [1.807, 2.05) is 0 Å². The Balaban J connectivity index is 1.40. The largest absolute Gasteiger partial charge is 0.453 e. The number of hydrogen-bond donors (Lipinski definition) is 1. The van der Waals surface area contributed by atoms with Gasteiger partial charge in [0, 0.05) is 25.1 Å². The molecule has 0 spiro atoms. The van der Waals surface area contributed by atoms with Gasteiger partial charge < -0.3 is 19.7 Å². The van der Waals surface area contributed by atoms with Crippen molar-refractivity contribution >= 4 is 11.9 Å². The number of nitrogens with one attached hydrogen (secondary N) is 1. The third kappa shape index (κ3) is 4.17. The van der Waals surface area contributed by atoms with Crippen molar-refractivity contribution in [2.75, 3.05) is 19.6 Å². The van der Waals surface area contributed by atoms with Crippen LogP contribution < -0.4 is 14.8 Å². The number of rotatable bonds is 5. The van der Waals surface area contributed by atoms with Gasteiger partial charge in [0.25, 0.3) is 5.91 Å². The van der Waals surface area contributed by atoms with Crippen LogP contribution in [-0.2, 0) is 4.79 Å². The van der Waals surface area contributed by atoms with Gasteiger partial charge >= 0.3 is 5.97 Å². The minimum absolute atomic E-state index is 0.0504. The van der Waals surface area contributed by atoms with Gasteiger partial charge in [0.15, 0.2) is 11.5 Å². The highest BCUT2D eigenvalue weighted by atomic mass is 16.6. The molecular weight excluding hydrogens is 356 g/mol. The first kappa shape index (κ1) is 18.5. The number of para-hydroxylation sites is 2. The highest BCUT2D eigenvalue weighted by Gasteiger charge is 2.34. The summed E-state index contributed by atoms with van der Waals surface area (Å²) in [4.78, 5) is 26.2. The zero-order valence-corrected chi connectivity index (χ0v) is 15.9. The van der Waals surface area contributed by atoms with Crippen molar-refractivity contribution in [3.8, 4) is 17.2 Å². The molecule has 2 bridgehead atoms. The zero-order valence-electron chi connectivity index (χ0n) is 15.9. The minimum Gasteiger partial charge on any atom is -0.453 e. The Hall–Kier alpha value is -2.86. The van der Waals surface area contributed by atoms with Gasteiger partial charge in [-0.1, -0.05) is 12.1 Å². The van der Waals surface area contributed by atoms with Gasteiger partial charge in [0.05, 0.1) is 0 Å². The summed E-state index contributed by atoms with van der Waals surface area (Å²) in [5, 5.41) is 3.19. The van der Waals surface area contributed by atoms with Crippen LogP contribution in [0.3, 0.4) is 0 Å². The molecule has 1 amide bonds. The van der Waals surface area contributed by atoms with E-state index < -0.39 is 5.97 Å². The lowest BCUT2D eigenvalue weighted by molar-refractivity contribution is -0.132. The van der Waals surface area contributed by atoms with E-state index in [-0.39, 0.29) is 11.9 Å². The second kappa shape index (κ2) is 8.02. The van der Waals surface area contributed by atoms with Crippen LogP contribution in [0.2, 0.25) is 0 Å². The molecule has 5 rings (SSSR count). The van der Waals surface area contributed by atoms with Crippen molar-refractivity contribution in [3.05, 3.63) is 54.1 Å². The Morgan fingerprint density at radius 3 is 2.29 bits per heavy atom. The van der Waals surface area contributed by atoms with Gasteiger partial charge in [-0.25, -0.2) is 0 Å². The van der Waals surface area contributed by atoms with E-state index in [9.17, 15) is 9.59 Å². The van der Waals surface area contributed by atoms with E-state index >= 15 is 0 Å². The van der Waals surface area contributed by atoms with E-state index in [1.54, 1.807) is 48.5 Å². The molecule has 3 aliphatic heterocycles. The molecular formula is C22H24N2O4. The van der Waals surface area contributed by atoms with Crippen LogP contribution in [0.4, 0.5) is 0 Å². The number of nitrogens with zero attached hydrogens (tertiary/aromatic N) is 1. The first-order chi connectivity index (χ1) is 13.6. The molecule has 0 aromatic heterocycles. The Morgan fingerprint density at radius 2 is 1.68 bits per heavy atom. The molecule has 3 fully saturated rings. The number of benzene rings is 2. The Morgan fingerprint density at radius 1 is 1.00 bits per heavy atom. The van der Waals surface area contributed by atoms with E-state index in [2.05, 4.69) is 10.2 Å². The quantitative estimate of drug-likeness (QED) is 0.637. The maximum Gasteiger partial charge on any atom is 0.308 e. The zero-order chi connectivity index (χ0) is 19.5. The molecule has 1 unspecified atom stereocenters. The van der Waals surface area contributed by atoms with E-state index in [0.29, 0.717) is 28.7 Å². The molecule has 0 saturated carbocycles. The van der Waals surface area contributed by atoms with E-state index in [0.717, 1.165) is 19.6 Å². The number of esters is 1. The van der Waals surface area contributed by atoms with Crippen molar-refractivity contribution < 1.29 is 19.1 Å². The monoisotopic (exact) mass is 380 g/mol. The van der Waals surface area contributed by atoms with Gasteiger partial charge in [-0.05, 0) is 68.2 Å². The van der Waals surface area contributed by atoms with Crippen LogP contribution in [0, 0.1) is 5.92 Å². The first-order valence-corrected chi connectivity index (χ1v) is 9.67. The number of amides is 1. The predicted octanol–water partition coefficient (Wildman–Crippen LogP) is 3.23. The molecule has 2 aromatic carbocycles. The summed E-state index contributed by atoms with van der Waals surface area (Å²) in [6.07, 6.45) is 2.33. The summed E-state index contributed by atoms with van der Waals surface area (Å²) in [6, 6.07) is 14.2. The summed E-state index contributed by atoms with van der Waals surface area (Å²) < 4.78 is 11.0. The summed E-state index contributed by atoms with van der Waals surface area (Å²) in [5.74, 6) is 1.51. The Bertz CT molecular complexity index is 857. The topological polar surface area (TPSA) is 67.9 Å². The van der Waals surface area contributed by atoms with Crippen molar-refractivity contribution in [1.29, 1.82) is 0 Å². The van der Waals surface area contributed by atoms with E-state index in [4.69, 9.17) is 9.47 Å². The molecule has 146 valence electrons. The lowest BCUT2D eigenvalue weighted by Crippen LogP contribution is -2.57. The van der Waals surface area contributed by atoms with Crippen molar-refractivity contribution in [2.24, 2.45) is 5.92 Å². The maximum absolute atomic E-state index is 12.6. The van der Waals surface area contributed by atoms with Crippen LogP contribution in [0.25, 0.3) is 0 Å².